The number of piperidine rings is 1. The first-order valence-corrected chi connectivity index (χ1v) is 8.63. The summed E-state index contributed by atoms with van der Waals surface area (Å²) in [6.45, 7) is 0.535. The average molecular weight is 364 g/mol. The van der Waals surface area contributed by atoms with Gasteiger partial charge in [0.2, 0.25) is 0 Å². The summed E-state index contributed by atoms with van der Waals surface area (Å²) in [5.74, 6) is -0.945. The SMILES string of the molecule is O=C1NCCC1ONC(=O)[C@@H]1CC[C@@H]2CN1C(=O)N2OS(=O)(=O)O. The van der Waals surface area contributed by atoms with E-state index in [0.717, 1.165) is 4.90 Å². The first-order chi connectivity index (χ1) is 11.3. The molecule has 3 heterocycles. The van der Waals surface area contributed by atoms with Crippen molar-refractivity contribution in [1.29, 1.82) is 0 Å². The fourth-order valence-corrected chi connectivity index (χ4v) is 3.37. The Morgan fingerprint density at radius 2 is 2.04 bits per heavy atom. The summed E-state index contributed by atoms with van der Waals surface area (Å²) in [5, 5.41) is 3.10. The van der Waals surface area contributed by atoms with Crippen LogP contribution in [0.2, 0.25) is 0 Å². The molecule has 0 aromatic rings. The van der Waals surface area contributed by atoms with Crippen LogP contribution < -0.4 is 10.8 Å². The maximum absolute atomic E-state index is 12.2. The number of nitrogens with one attached hydrogen (secondary N) is 2. The summed E-state index contributed by atoms with van der Waals surface area (Å²) in [6, 6.07) is -2.30. The minimum atomic E-state index is -4.84. The van der Waals surface area contributed by atoms with Gasteiger partial charge in [-0.1, -0.05) is 0 Å². The molecule has 0 aromatic heterocycles. The zero-order valence-electron chi connectivity index (χ0n) is 12.4. The lowest BCUT2D eigenvalue weighted by Gasteiger charge is -2.29. The first-order valence-electron chi connectivity index (χ1n) is 7.26. The Kier molecular flexibility index (Phi) is 4.33. The average Bonchev–Trinajstić information content (AvgIpc) is 3.01. The van der Waals surface area contributed by atoms with Crippen LogP contribution in [0.1, 0.15) is 19.3 Å². The molecule has 3 atom stereocenters. The number of carbonyl (C=O) groups excluding carboxylic acids is 3. The van der Waals surface area contributed by atoms with Crippen molar-refractivity contribution < 1.29 is 36.5 Å². The van der Waals surface area contributed by atoms with Gasteiger partial charge in [0.15, 0.2) is 6.10 Å². The molecular formula is C11H16N4O8S. The van der Waals surface area contributed by atoms with Crippen LogP contribution in [0.4, 0.5) is 4.79 Å². The monoisotopic (exact) mass is 364 g/mol. The summed E-state index contributed by atoms with van der Waals surface area (Å²) in [7, 11) is -4.84. The fourth-order valence-electron chi connectivity index (χ4n) is 2.99. The van der Waals surface area contributed by atoms with Crippen molar-refractivity contribution in [2.24, 2.45) is 0 Å². The number of amides is 4. The minimum absolute atomic E-state index is 0.0797. The molecule has 3 aliphatic heterocycles. The van der Waals surface area contributed by atoms with Crippen molar-refractivity contribution in [3.05, 3.63) is 0 Å². The number of hydrogen-bond donors (Lipinski definition) is 3. The summed E-state index contributed by atoms with van der Waals surface area (Å²) in [5.41, 5.74) is 2.17. The van der Waals surface area contributed by atoms with Gasteiger partial charge in [-0.05, 0) is 12.8 Å². The van der Waals surface area contributed by atoms with Gasteiger partial charge in [0, 0.05) is 19.5 Å². The summed E-state index contributed by atoms with van der Waals surface area (Å²) < 4.78 is 34.6. The maximum atomic E-state index is 12.2. The van der Waals surface area contributed by atoms with Crippen molar-refractivity contribution in [1.82, 2.24) is 20.8 Å². The summed E-state index contributed by atoms with van der Waals surface area (Å²) in [4.78, 5) is 41.9. The Balaban J connectivity index is 1.61. The van der Waals surface area contributed by atoms with E-state index in [1.165, 1.54) is 0 Å². The molecule has 24 heavy (non-hydrogen) atoms. The Bertz CT molecular complexity index is 667. The van der Waals surface area contributed by atoms with Gasteiger partial charge in [0.25, 0.3) is 11.8 Å². The van der Waals surface area contributed by atoms with Crippen molar-refractivity contribution in [2.45, 2.75) is 37.5 Å². The van der Waals surface area contributed by atoms with Crippen LogP contribution in [0.5, 0.6) is 0 Å². The van der Waals surface area contributed by atoms with E-state index < -0.39 is 40.5 Å². The molecule has 2 bridgehead atoms. The highest BCUT2D eigenvalue weighted by Crippen LogP contribution is 2.30. The Morgan fingerprint density at radius 3 is 2.67 bits per heavy atom. The van der Waals surface area contributed by atoms with E-state index in [1.807, 2.05) is 0 Å². The van der Waals surface area contributed by atoms with Gasteiger partial charge in [0.1, 0.15) is 6.04 Å². The third-order valence-corrected chi connectivity index (χ3v) is 4.45. The van der Waals surface area contributed by atoms with E-state index in [2.05, 4.69) is 15.1 Å². The van der Waals surface area contributed by atoms with Gasteiger partial charge in [-0.15, -0.1) is 4.28 Å². The number of hydroxylamine groups is 3. The third-order valence-electron chi connectivity index (χ3n) is 4.10. The van der Waals surface area contributed by atoms with Crippen LogP contribution >= 0.6 is 0 Å². The second kappa shape index (κ2) is 6.16. The maximum Gasteiger partial charge on any atom is 0.418 e. The predicted octanol–water partition coefficient (Wildman–Crippen LogP) is -2.07. The van der Waals surface area contributed by atoms with Crippen molar-refractivity contribution in [2.75, 3.05) is 13.1 Å². The van der Waals surface area contributed by atoms with Crippen LogP contribution in [-0.4, -0.2) is 72.1 Å². The summed E-state index contributed by atoms with van der Waals surface area (Å²) >= 11 is 0. The Hall–Kier alpha value is -1.96. The molecule has 3 fully saturated rings. The number of rotatable bonds is 5. The van der Waals surface area contributed by atoms with Crippen molar-refractivity contribution in [3.8, 4) is 0 Å². The third kappa shape index (κ3) is 3.28. The number of urea groups is 1. The molecule has 12 nitrogen and oxygen atoms in total. The molecule has 3 rings (SSSR count). The minimum Gasteiger partial charge on any atom is -0.354 e. The lowest BCUT2D eigenvalue weighted by molar-refractivity contribution is -0.149. The second-order valence-electron chi connectivity index (χ2n) is 5.66. The summed E-state index contributed by atoms with van der Waals surface area (Å²) in [6.07, 6.45) is 0.205. The van der Waals surface area contributed by atoms with Crippen molar-refractivity contribution >= 4 is 28.2 Å². The standard InChI is InChI=1S/C11H16N4O8S/c16-9(13-22-8-3-4-12-10(8)17)7-2-1-6-5-14(7)11(18)15(6)23-24(19,20)21/h6-8H,1-5H2,(H,12,17)(H,13,16)(H,19,20,21)/t6-,7+,8?/m1/s1. The second-order valence-corrected chi connectivity index (χ2v) is 6.67. The molecular weight excluding hydrogens is 348 g/mol. The van der Waals surface area contributed by atoms with E-state index in [4.69, 9.17) is 9.39 Å². The van der Waals surface area contributed by atoms with E-state index in [0.29, 0.717) is 24.4 Å². The van der Waals surface area contributed by atoms with Crippen LogP contribution in [-0.2, 0) is 29.1 Å². The fraction of sp³-hybridized carbons (Fsp3) is 0.727. The molecule has 3 saturated heterocycles. The van der Waals surface area contributed by atoms with Crippen LogP contribution in [0, 0.1) is 0 Å². The van der Waals surface area contributed by atoms with E-state index >= 15 is 0 Å². The number of fused-ring (bicyclic) bond motifs is 2. The smallest absolute Gasteiger partial charge is 0.354 e. The molecule has 0 aliphatic carbocycles. The molecule has 13 heteroatoms. The van der Waals surface area contributed by atoms with Crippen molar-refractivity contribution in [3.63, 3.8) is 0 Å². The number of nitrogens with zero attached hydrogens (tertiary/aromatic N) is 2. The lowest BCUT2D eigenvalue weighted by Crippen LogP contribution is -2.50. The molecule has 0 aromatic carbocycles. The Morgan fingerprint density at radius 1 is 1.29 bits per heavy atom. The van der Waals surface area contributed by atoms with Gasteiger partial charge in [-0.25, -0.2) is 10.3 Å². The Labute approximate surface area is 136 Å². The molecule has 4 amide bonds. The van der Waals surface area contributed by atoms with Gasteiger partial charge in [-0.2, -0.15) is 13.5 Å². The molecule has 0 radical (unpaired) electrons. The van der Waals surface area contributed by atoms with Gasteiger partial charge in [0.05, 0.1) is 6.04 Å². The zero-order chi connectivity index (χ0) is 17.5. The highest BCUT2D eigenvalue weighted by molar-refractivity contribution is 7.80. The molecule has 3 aliphatic rings. The quantitative estimate of drug-likeness (QED) is 0.371. The number of carbonyl (C=O) groups is 3. The van der Waals surface area contributed by atoms with Crippen LogP contribution in [0.25, 0.3) is 0 Å². The number of hydrogen-bond acceptors (Lipinski definition) is 7. The van der Waals surface area contributed by atoms with Crippen LogP contribution in [0.3, 0.4) is 0 Å². The predicted molar refractivity (Wildman–Crippen MR) is 74.0 cm³/mol. The molecule has 134 valence electrons. The van der Waals surface area contributed by atoms with E-state index in [-0.39, 0.29) is 18.9 Å². The normalized spacial score (nSPS) is 29.8. The lowest BCUT2D eigenvalue weighted by atomic mass is 10.0. The molecule has 0 saturated carbocycles. The first kappa shape index (κ1) is 16.9. The highest BCUT2D eigenvalue weighted by Gasteiger charge is 2.49. The largest absolute Gasteiger partial charge is 0.418 e. The van der Waals surface area contributed by atoms with Crippen LogP contribution in [0.15, 0.2) is 0 Å². The molecule has 1 unspecified atom stereocenters. The molecule has 0 spiro atoms. The highest BCUT2D eigenvalue weighted by atomic mass is 32.3. The van der Waals surface area contributed by atoms with E-state index in [9.17, 15) is 22.8 Å². The van der Waals surface area contributed by atoms with E-state index in [1.54, 1.807) is 0 Å². The zero-order valence-corrected chi connectivity index (χ0v) is 13.2. The van der Waals surface area contributed by atoms with Gasteiger partial charge < -0.3 is 10.2 Å². The van der Waals surface area contributed by atoms with Gasteiger partial charge in [-0.3, -0.25) is 19.0 Å². The topological polar surface area (TPSA) is 155 Å². The van der Waals surface area contributed by atoms with Gasteiger partial charge >= 0.3 is 16.4 Å². The molecule has 3 N–H and O–H groups in total.